The number of nitrogens with zero attached hydrogens (tertiary/aromatic N) is 4. The van der Waals surface area contributed by atoms with Crippen molar-refractivity contribution in [3.8, 4) is 11.4 Å². The standard InChI is InChI=1S/C17H20N4O3/c1-3-5-10-21-17(23)20-12-11-19(16(22)15(20)18-21)13-6-8-14(9-7-13)24-4-2/h6-9,11-12H,3-5,10H2,1-2H3. The van der Waals surface area contributed by atoms with Gasteiger partial charge in [-0.3, -0.25) is 9.36 Å². The molecule has 0 atom stereocenters. The van der Waals surface area contributed by atoms with Crippen LogP contribution < -0.4 is 16.0 Å². The molecule has 0 radical (unpaired) electrons. The van der Waals surface area contributed by atoms with Crippen LogP contribution in [0.25, 0.3) is 11.3 Å². The van der Waals surface area contributed by atoms with Crippen molar-refractivity contribution in [1.82, 2.24) is 18.7 Å². The number of rotatable bonds is 6. The van der Waals surface area contributed by atoms with E-state index < -0.39 is 0 Å². The molecule has 3 rings (SSSR count). The molecule has 0 aliphatic heterocycles. The zero-order chi connectivity index (χ0) is 17.1. The average Bonchev–Trinajstić information content (AvgIpc) is 2.92. The molecule has 0 spiro atoms. The second-order valence-corrected chi connectivity index (χ2v) is 5.45. The van der Waals surface area contributed by atoms with Gasteiger partial charge in [0.25, 0.3) is 0 Å². The van der Waals surface area contributed by atoms with E-state index in [1.807, 2.05) is 26.0 Å². The van der Waals surface area contributed by atoms with Crippen molar-refractivity contribution in [2.75, 3.05) is 6.61 Å². The van der Waals surface area contributed by atoms with Crippen molar-refractivity contribution in [3.63, 3.8) is 0 Å². The van der Waals surface area contributed by atoms with Crippen LogP contribution in [-0.4, -0.2) is 25.4 Å². The number of hydrogen-bond acceptors (Lipinski definition) is 4. The van der Waals surface area contributed by atoms with E-state index >= 15 is 0 Å². The summed E-state index contributed by atoms with van der Waals surface area (Å²) in [5.74, 6) is 0.746. The maximum Gasteiger partial charge on any atom is 0.350 e. The van der Waals surface area contributed by atoms with Gasteiger partial charge in [-0.1, -0.05) is 13.3 Å². The lowest BCUT2D eigenvalue weighted by atomic mass is 10.3. The Labute approximate surface area is 138 Å². The summed E-state index contributed by atoms with van der Waals surface area (Å²) >= 11 is 0. The molecule has 1 aromatic carbocycles. The van der Waals surface area contributed by atoms with Crippen molar-refractivity contribution >= 4 is 5.65 Å². The molecule has 0 amide bonds. The Morgan fingerprint density at radius 2 is 1.83 bits per heavy atom. The number of fused-ring (bicyclic) bond motifs is 1. The van der Waals surface area contributed by atoms with Crippen LogP contribution in [0.5, 0.6) is 5.75 Å². The Hall–Kier alpha value is -2.83. The van der Waals surface area contributed by atoms with Crippen LogP contribution in [0, 0.1) is 0 Å². The molecule has 2 aromatic heterocycles. The lowest BCUT2D eigenvalue weighted by Gasteiger charge is -2.07. The molecule has 0 saturated heterocycles. The first-order chi connectivity index (χ1) is 11.7. The summed E-state index contributed by atoms with van der Waals surface area (Å²) in [6, 6.07) is 7.22. The number of ether oxygens (including phenoxy) is 1. The highest BCUT2D eigenvalue weighted by atomic mass is 16.5. The Bertz CT molecular complexity index is 951. The molecule has 0 bridgehead atoms. The maximum absolute atomic E-state index is 12.7. The van der Waals surface area contributed by atoms with Crippen LogP contribution in [0.2, 0.25) is 0 Å². The topological polar surface area (TPSA) is 70.5 Å². The molecule has 7 heteroatoms. The van der Waals surface area contributed by atoms with E-state index in [0.29, 0.717) is 18.8 Å². The van der Waals surface area contributed by atoms with Crippen LogP contribution in [0.3, 0.4) is 0 Å². The van der Waals surface area contributed by atoms with Gasteiger partial charge in [-0.15, -0.1) is 5.10 Å². The largest absolute Gasteiger partial charge is 0.494 e. The Morgan fingerprint density at radius 3 is 2.50 bits per heavy atom. The summed E-state index contributed by atoms with van der Waals surface area (Å²) in [5.41, 5.74) is 0.220. The first-order valence-corrected chi connectivity index (χ1v) is 8.09. The van der Waals surface area contributed by atoms with Crippen molar-refractivity contribution in [3.05, 3.63) is 57.5 Å². The molecule has 126 valence electrons. The van der Waals surface area contributed by atoms with Gasteiger partial charge in [-0.25, -0.2) is 13.9 Å². The number of unbranched alkanes of at least 4 members (excludes halogenated alkanes) is 1. The van der Waals surface area contributed by atoms with E-state index in [1.165, 1.54) is 13.6 Å². The van der Waals surface area contributed by atoms with Crippen molar-refractivity contribution in [1.29, 1.82) is 0 Å². The third-order valence-corrected chi connectivity index (χ3v) is 3.79. The highest BCUT2D eigenvalue weighted by Gasteiger charge is 2.12. The predicted octanol–water partition coefficient (Wildman–Crippen LogP) is 1.85. The van der Waals surface area contributed by atoms with E-state index in [4.69, 9.17) is 4.74 Å². The quantitative estimate of drug-likeness (QED) is 0.692. The zero-order valence-corrected chi connectivity index (χ0v) is 13.8. The van der Waals surface area contributed by atoms with Gasteiger partial charge < -0.3 is 4.74 Å². The van der Waals surface area contributed by atoms with Crippen LogP contribution in [0.15, 0.2) is 46.2 Å². The van der Waals surface area contributed by atoms with Gasteiger partial charge >= 0.3 is 11.2 Å². The van der Waals surface area contributed by atoms with Crippen LogP contribution in [0.4, 0.5) is 0 Å². The Morgan fingerprint density at radius 1 is 1.08 bits per heavy atom. The van der Waals surface area contributed by atoms with E-state index in [-0.39, 0.29) is 16.9 Å². The number of benzene rings is 1. The van der Waals surface area contributed by atoms with Crippen LogP contribution in [0.1, 0.15) is 26.7 Å². The summed E-state index contributed by atoms with van der Waals surface area (Å²) in [5, 5.41) is 4.19. The second kappa shape index (κ2) is 6.74. The van der Waals surface area contributed by atoms with Crippen molar-refractivity contribution in [2.24, 2.45) is 0 Å². The first-order valence-electron chi connectivity index (χ1n) is 8.09. The minimum Gasteiger partial charge on any atom is -0.494 e. The summed E-state index contributed by atoms with van der Waals surface area (Å²) < 4.78 is 9.52. The van der Waals surface area contributed by atoms with Crippen LogP contribution >= 0.6 is 0 Å². The number of aromatic nitrogens is 4. The third-order valence-electron chi connectivity index (χ3n) is 3.79. The van der Waals surface area contributed by atoms with E-state index in [9.17, 15) is 9.59 Å². The SMILES string of the molecule is CCCCn1nc2c(=O)n(-c3ccc(OCC)cc3)ccn2c1=O. The summed E-state index contributed by atoms with van der Waals surface area (Å²) in [7, 11) is 0. The molecule has 0 unspecified atom stereocenters. The fraction of sp³-hybridized carbons (Fsp3) is 0.353. The van der Waals surface area contributed by atoms with Gasteiger partial charge in [0.05, 0.1) is 6.61 Å². The molecule has 0 N–H and O–H groups in total. The molecular weight excluding hydrogens is 308 g/mol. The molecule has 2 heterocycles. The number of aryl methyl sites for hydroxylation is 1. The highest BCUT2D eigenvalue weighted by molar-refractivity contribution is 5.42. The normalized spacial score (nSPS) is 11.1. The minimum absolute atomic E-state index is 0.132. The zero-order valence-electron chi connectivity index (χ0n) is 13.8. The van der Waals surface area contributed by atoms with Crippen molar-refractivity contribution < 1.29 is 4.74 Å². The molecule has 24 heavy (non-hydrogen) atoms. The molecule has 0 fully saturated rings. The fourth-order valence-electron chi connectivity index (χ4n) is 2.54. The highest BCUT2D eigenvalue weighted by Crippen LogP contribution is 2.14. The monoisotopic (exact) mass is 328 g/mol. The minimum atomic E-state index is -0.325. The molecular formula is C17H20N4O3. The smallest absolute Gasteiger partial charge is 0.350 e. The van der Waals surface area contributed by atoms with Gasteiger partial charge in [0.2, 0.25) is 5.65 Å². The Kier molecular flexibility index (Phi) is 4.50. The second-order valence-electron chi connectivity index (χ2n) is 5.45. The van der Waals surface area contributed by atoms with E-state index in [0.717, 1.165) is 18.6 Å². The molecule has 0 aliphatic rings. The van der Waals surface area contributed by atoms with Crippen molar-refractivity contribution in [2.45, 2.75) is 33.2 Å². The maximum atomic E-state index is 12.7. The number of hydrogen-bond donors (Lipinski definition) is 0. The lowest BCUT2D eigenvalue weighted by Crippen LogP contribution is -2.24. The van der Waals surface area contributed by atoms with E-state index in [1.54, 1.807) is 24.5 Å². The fourth-order valence-corrected chi connectivity index (χ4v) is 2.54. The van der Waals surface area contributed by atoms with Gasteiger partial charge in [0.15, 0.2) is 0 Å². The Balaban J connectivity index is 2.05. The van der Waals surface area contributed by atoms with Gasteiger partial charge in [0, 0.05) is 24.6 Å². The molecule has 0 aliphatic carbocycles. The summed E-state index contributed by atoms with van der Waals surface area (Å²) in [6.07, 6.45) is 4.96. The van der Waals surface area contributed by atoms with Crippen LogP contribution in [-0.2, 0) is 6.54 Å². The molecule has 7 nitrogen and oxygen atoms in total. The lowest BCUT2D eigenvalue weighted by molar-refractivity contribution is 0.340. The van der Waals surface area contributed by atoms with Gasteiger partial charge in [-0.2, -0.15) is 0 Å². The first kappa shape index (κ1) is 16.0. The molecule has 0 saturated carbocycles. The van der Waals surface area contributed by atoms with Gasteiger partial charge in [-0.05, 0) is 37.6 Å². The van der Waals surface area contributed by atoms with E-state index in [2.05, 4.69) is 5.10 Å². The average molecular weight is 328 g/mol. The summed E-state index contributed by atoms with van der Waals surface area (Å²) in [6.45, 7) is 5.06. The predicted molar refractivity (Wildman–Crippen MR) is 91.1 cm³/mol. The van der Waals surface area contributed by atoms with Gasteiger partial charge in [0.1, 0.15) is 5.75 Å². The molecule has 3 aromatic rings. The third kappa shape index (κ3) is 2.84. The summed E-state index contributed by atoms with van der Waals surface area (Å²) in [4.78, 5) is 24.9.